The molecule has 1 N–H and O–H groups in total. The number of carbonyl (C=O) groups excluding carboxylic acids is 2. The van der Waals surface area contributed by atoms with Crippen LogP contribution in [0, 0.1) is 5.92 Å². The molecule has 1 fully saturated rings. The van der Waals surface area contributed by atoms with Crippen molar-refractivity contribution in [3.63, 3.8) is 0 Å². The SMILES string of the molecule is CCCCN1CC(C(=O)NCCC2=CCCCC2)CC1=O. The number of nitrogens with zero attached hydrogens (tertiary/aromatic N) is 1. The van der Waals surface area contributed by atoms with E-state index in [1.807, 2.05) is 4.90 Å². The van der Waals surface area contributed by atoms with Gasteiger partial charge in [-0.1, -0.05) is 25.0 Å². The first-order valence-electron chi connectivity index (χ1n) is 8.44. The van der Waals surface area contributed by atoms with Gasteiger partial charge in [0.15, 0.2) is 0 Å². The van der Waals surface area contributed by atoms with Crippen molar-refractivity contribution in [2.45, 2.75) is 58.3 Å². The highest BCUT2D eigenvalue weighted by Crippen LogP contribution is 2.20. The van der Waals surface area contributed by atoms with E-state index in [1.54, 1.807) is 0 Å². The van der Waals surface area contributed by atoms with Gasteiger partial charge in [0.1, 0.15) is 0 Å². The molecule has 4 heteroatoms. The van der Waals surface area contributed by atoms with Crippen LogP contribution in [0.3, 0.4) is 0 Å². The molecule has 0 spiro atoms. The Bertz CT molecular complexity index is 404. The second-order valence-corrected chi connectivity index (χ2v) is 6.24. The maximum absolute atomic E-state index is 12.1. The van der Waals surface area contributed by atoms with Crippen LogP contribution in [-0.2, 0) is 9.59 Å². The molecule has 2 aliphatic rings. The van der Waals surface area contributed by atoms with E-state index in [1.165, 1.54) is 31.3 Å². The van der Waals surface area contributed by atoms with Crippen LogP contribution in [0.1, 0.15) is 58.3 Å². The summed E-state index contributed by atoms with van der Waals surface area (Å²) in [6.07, 6.45) is 10.7. The number of nitrogens with one attached hydrogen (secondary N) is 1. The van der Waals surface area contributed by atoms with Crippen LogP contribution in [0.5, 0.6) is 0 Å². The largest absolute Gasteiger partial charge is 0.355 e. The molecule has 0 bridgehead atoms. The lowest BCUT2D eigenvalue weighted by Crippen LogP contribution is -2.34. The first-order valence-corrected chi connectivity index (χ1v) is 8.44. The molecule has 0 aromatic heterocycles. The van der Waals surface area contributed by atoms with Gasteiger partial charge in [0, 0.05) is 26.1 Å². The van der Waals surface area contributed by atoms with Gasteiger partial charge in [0.25, 0.3) is 0 Å². The zero-order valence-corrected chi connectivity index (χ0v) is 13.2. The number of amides is 2. The minimum Gasteiger partial charge on any atom is -0.355 e. The molecule has 1 heterocycles. The summed E-state index contributed by atoms with van der Waals surface area (Å²) in [5.41, 5.74) is 1.48. The molecule has 1 atom stereocenters. The maximum Gasteiger partial charge on any atom is 0.225 e. The monoisotopic (exact) mass is 292 g/mol. The van der Waals surface area contributed by atoms with E-state index in [2.05, 4.69) is 18.3 Å². The maximum atomic E-state index is 12.1. The Morgan fingerprint density at radius 1 is 1.43 bits per heavy atom. The molecule has 118 valence electrons. The van der Waals surface area contributed by atoms with Crippen molar-refractivity contribution in [3.05, 3.63) is 11.6 Å². The van der Waals surface area contributed by atoms with E-state index in [0.29, 0.717) is 19.5 Å². The molecule has 2 rings (SSSR count). The van der Waals surface area contributed by atoms with Crippen molar-refractivity contribution in [2.24, 2.45) is 5.92 Å². The second kappa shape index (κ2) is 8.20. The summed E-state index contributed by atoms with van der Waals surface area (Å²) in [5, 5.41) is 3.01. The summed E-state index contributed by atoms with van der Waals surface area (Å²) >= 11 is 0. The fourth-order valence-corrected chi connectivity index (χ4v) is 3.14. The van der Waals surface area contributed by atoms with Crippen LogP contribution in [0.2, 0.25) is 0 Å². The van der Waals surface area contributed by atoms with Crippen molar-refractivity contribution >= 4 is 11.8 Å². The van der Waals surface area contributed by atoms with Gasteiger partial charge in [-0.2, -0.15) is 0 Å². The van der Waals surface area contributed by atoms with E-state index in [4.69, 9.17) is 0 Å². The summed E-state index contributed by atoms with van der Waals surface area (Å²) < 4.78 is 0. The van der Waals surface area contributed by atoms with Gasteiger partial charge in [0.05, 0.1) is 5.92 Å². The van der Waals surface area contributed by atoms with Crippen LogP contribution < -0.4 is 5.32 Å². The summed E-state index contributed by atoms with van der Waals surface area (Å²) in [7, 11) is 0. The predicted molar refractivity (Wildman–Crippen MR) is 83.8 cm³/mol. The standard InChI is InChI=1S/C17H28N2O2/c1-2-3-11-19-13-15(12-16(19)20)17(21)18-10-9-14-7-5-4-6-8-14/h7,15H,2-6,8-13H2,1H3,(H,18,21). The van der Waals surface area contributed by atoms with Crippen LogP contribution in [0.15, 0.2) is 11.6 Å². The Morgan fingerprint density at radius 2 is 2.29 bits per heavy atom. The number of hydrogen-bond donors (Lipinski definition) is 1. The summed E-state index contributed by atoms with van der Waals surface area (Å²) in [5.74, 6) is 0.0482. The number of hydrogen-bond acceptors (Lipinski definition) is 2. The van der Waals surface area contributed by atoms with Crippen LogP contribution >= 0.6 is 0 Å². The Labute approximate surface area is 128 Å². The normalized spacial score (nSPS) is 22.3. The van der Waals surface area contributed by atoms with Gasteiger partial charge >= 0.3 is 0 Å². The molecule has 0 aromatic carbocycles. The van der Waals surface area contributed by atoms with Crippen molar-refractivity contribution < 1.29 is 9.59 Å². The molecule has 2 amide bonds. The minimum atomic E-state index is -0.144. The molecular formula is C17H28N2O2. The molecular weight excluding hydrogens is 264 g/mol. The number of allylic oxidation sites excluding steroid dienone is 1. The average molecular weight is 292 g/mol. The number of carbonyl (C=O) groups is 2. The predicted octanol–water partition coefficient (Wildman–Crippen LogP) is 2.64. The highest BCUT2D eigenvalue weighted by Gasteiger charge is 2.33. The van der Waals surface area contributed by atoms with Crippen molar-refractivity contribution in [1.29, 1.82) is 0 Å². The van der Waals surface area contributed by atoms with Crippen LogP contribution in [-0.4, -0.2) is 36.3 Å². The Kier molecular flexibility index (Phi) is 6.27. The third-order valence-electron chi connectivity index (χ3n) is 4.50. The molecule has 0 aromatic rings. The van der Waals surface area contributed by atoms with Gasteiger partial charge in [0.2, 0.25) is 11.8 Å². The summed E-state index contributed by atoms with van der Waals surface area (Å²) in [6, 6.07) is 0. The second-order valence-electron chi connectivity index (χ2n) is 6.24. The van der Waals surface area contributed by atoms with E-state index < -0.39 is 0 Å². The van der Waals surface area contributed by atoms with Crippen LogP contribution in [0.25, 0.3) is 0 Å². The van der Waals surface area contributed by atoms with Gasteiger partial charge in [-0.3, -0.25) is 9.59 Å². The lowest BCUT2D eigenvalue weighted by molar-refractivity contribution is -0.129. The molecule has 0 saturated carbocycles. The lowest BCUT2D eigenvalue weighted by Gasteiger charge is -2.16. The first kappa shape index (κ1) is 16.1. The van der Waals surface area contributed by atoms with Gasteiger partial charge in [-0.05, 0) is 38.5 Å². The van der Waals surface area contributed by atoms with E-state index in [0.717, 1.165) is 25.8 Å². The molecule has 0 radical (unpaired) electrons. The smallest absolute Gasteiger partial charge is 0.225 e. The molecule has 1 unspecified atom stereocenters. The molecule has 4 nitrogen and oxygen atoms in total. The third kappa shape index (κ3) is 4.87. The quantitative estimate of drug-likeness (QED) is 0.733. The lowest BCUT2D eigenvalue weighted by atomic mass is 9.97. The topological polar surface area (TPSA) is 49.4 Å². The first-order chi connectivity index (χ1) is 10.2. The highest BCUT2D eigenvalue weighted by molar-refractivity contribution is 5.89. The van der Waals surface area contributed by atoms with Gasteiger partial charge in [-0.25, -0.2) is 0 Å². The van der Waals surface area contributed by atoms with Crippen molar-refractivity contribution in [1.82, 2.24) is 10.2 Å². The fraction of sp³-hybridized carbons (Fsp3) is 0.765. The Balaban J connectivity index is 1.69. The van der Waals surface area contributed by atoms with Crippen molar-refractivity contribution in [2.75, 3.05) is 19.6 Å². The van der Waals surface area contributed by atoms with E-state index >= 15 is 0 Å². The molecule has 1 aliphatic carbocycles. The summed E-state index contributed by atoms with van der Waals surface area (Å²) in [6.45, 7) is 4.23. The van der Waals surface area contributed by atoms with Gasteiger partial charge in [-0.15, -0.1) is 0 Å². The number of unbranched alkanes of at least 4 members (excludes halogenated alkanes) is 1. The molecule has 21 heavy (non-hydrogen) atoms. The molecule has 1 saturated heterocycles. The minimum absolute atomic E-state index is 0.0544. The van der Waals surface area contributed by atoms with Crippen molar-refractivity contribution in [3.8, 4) is 0 Å². The highest BCUT2D eigenvalue weighted by atomic mass is 16.2. The fourth-order valence-electron chi connectivity index (χ4n) is 3.14. The molecule has 1 aliphatic heterocycles. The summed E-state index contributed by atoms with van der Waals surface area (Å²) in [4.78, 5) is 25.8. The van der Waals surface area contributed by atoms with E-state index in [-0.39, 0.29) is 17.7 Å². The number of rotatable bonds is 7. The zero-order valence-electron chi connectivity index (χ0n) is 13.2. The number of likely N-dealkylation sites (tertiary alicyclic amines) is 1. The van der Waals surface area contributed by atoms with Crippen LogP contribution in [0.4, 0.5) is 0 Å². The van der Waals surface area contributed by atoms with Gasteiger partial charge < -0.3 is 10.2 Å². The Hall–Kier alpha value is -1.32. The third-order valence-corrected chi connectivity index (χ3v) is 4.50. The average Bonchev–Trinajstić information content (AvgIpc) is 2.87. The Morgan fingerprint density at radius 3 is 3.00 bits per heavy atom. The zero-order chi connectivity index (χ0) is 15.1. The van der Waals surface area contributed by atoms with E-state index in [9.17, 15) is 9.59 Å².